The summed E-state index contributed by atoms with van der Waals surface area (Å²) in [6.07, 6.45) is 0.853. The topological polar surface area (TPSA) is 67.9 Å². The minimum absolute atomic E-state index is 0.0792. The molecule has 6 nitrogen and oxygen atoms in total. The second-order valence-corrected chi connectivity index (χ2v) is 9.22. The van der Waals surface area contributed by atoms with Gasteiger partial charge in [-0.05, 0) is 38.0 Å². The molecule has 142 valence electrons. The van der Waals surface area contributed by atoms with E-state index in [1.807, 2.05) is 55.4 Å². The van der Waals surface area contributed by atoms with E-state index in [0.29, 0.717) is 6.42 Å². The molecule has 1 unspecified atom stereocenters. The number of nitrogens with zero attached hydrogens (tertiary/aromatic N) is 1. The zero-order valence-corrected chi connectivity index (χ0v) is 17.1. The molecule has 0 fully saturated rings. The molecule has 0 saturated heterocycles. The van der Waals surface area contributed by atoms with E-state index in [4.69, 9.17) is 9.68 Å². The molecule has 0 aromatic heterocycles. The summed E-state index contributed by atoms with van der Waals surface area (Å²) in [5, 5.41) is 1.26. The molecule has 6 heteroatoms. The molecule has 0 saturated carbocycles. The van der Waals surface area contributed by atoms with E-state index in [9.17, 15) is 9.59 Å². The summed E-state index contributed by atoms with van der Waals surface area (Å²) >= 11 is 0. The minimum Gasteiger partial charge on any atom is -0.275 e. The van der Waals surface area contributed by atoms with Gasteiger partial charge in [0, 0.05) is 19.4 Å². The lowest BCUT2D eigenvalue weighted by atomic mass is 9.70. The van der Waals surface area contributed by atoms with Crippen LogP contribution >= 0.6 is 0 Å². The van der Waals surface area contributed by atoms with Crippen LogP contribution in [0.3, 0.4) is 0 Å². The van der Waals surface area contributed by atoms with E-state index in [-0.39, 0.29) is 35.0 Å². The summed E-state index contributed by atoms with van der Waals surface area (Å²) < 4.78 is 0. The van der Waals surface area contributed by atoms with Crippen LogP contribution in [0.2, 0.25) is 0 Å². The molecule has 0 radical (unpaired) electrons. The van der Waals surface area contributed by atoms with Crippen molar-refractivity contribution in [3.63, 3.8) is 0 Å². The second-order valence-electron chi connectivity index (χ2n) is 9.22. The van der Waals surface area contributed by atoms with E-state index in [0.717, 1.165) is 0 Å². The van der Waals surface area contributed by atoms with Crippen molar-refractivity contribution in [3.8, 4) is 0 Å². The van der Waals surface area contributed by atoms with Gasteiger partial charge in [-0.25, -0.2) is 10.5 Å². The summed E-state index contributed by atoms with van der Waals surface area (Å²) in [5.74, 6) is -0.520. The number of hydrogen-bond donors (Lipinski definition) is 1. The van der Waals surface area contributed by atoms with Gasteiger partial charge in [-0.15, -0.1) is 0 Å². The molecule has 0 bridgehead atoms. The predicted molar refractivity (Wildman–Crippen MR) is 94.7 cm³/mol. The zero-order chi connectivity index (χ0) is 19.3. The number of nitrogens with one attached hydrogen (secondary N) is 1. The van der Waals surface area contributed by atoms with Gasteiger partial charge >= 0.3 is 0 Å². The van der Waals surface area contributed by atoms with Crippen LogP contribution < -0.4 is 5.48 Å². The summed E-state index contributed by atoms with van der Waals surface area (Å²) in [6.45, 7) is 15.7. The van der Waals surface area contributed by atoms with Crippen LogP contribution in [0.15, 0.2) is 0 Å². The Hall–Kier alpha value is -1.14. The van der Waals surface area contributed by atoms with Gasteiger partial charge in [0.1, 0.15) is 0 Å². The maximum absolute atomic E-state index is 12.6. The predicted octanol–water partition coefficient (Wildman–Crippen LogP) is 3.32. The Balaban J connectivity index is 4.99. The minimum atomic E-state index is -0.440. The number of hydroxylamine groups is 3. The number of carbonyl (C=O) groups is 2. The SMILES string of the molecule is CON(C)C(=O)C(CC(C)(C)CC(=O)NOC(C)(C)C)C(C)(C)C. The first-order chi connectivity index (χ1) is 10.6. The lowest BCUT2D eigenvalue weighted by Crippen LogP contribution is -2.42. The Bertz CT molecular complexity index is 433. The van der Waals surface area contributed by atoms with E-state index < -0.39 is 5.60 Å². The van der Waals surface area contributed by atoms with Crippen LogP contribution in [0.5, 0.6) is 0 Å². The van der Waals surface area contributed by atoms with Crippen molar-refractivity contribution < 1.29 is 19.3 Å². The van der Waals surface area contributed by atoms with Crippen LogP contribution in [-0.2, 0) is 19.3 Å². The zero-order valence-electron chi connectivity index (χ0n) is 17.1. The molecule has 0 rings (SSSR count). The second kappa shape index (κ2) is 8.30. The number of hydrogen-bond acceptors (Lipinski definition) is 4. The molecule has 1 atom stereocenters. The third-order valence-electron chi connectivity index (χ3n) is 3.79. The van der Waals surface area contributed by atoms with Crippen molar-refractivity contribution in [2.24, 2.45) is 16.7 Å². The molecular weight excluding hydrogens is 308 g/mol. The lowest BCUT2D eigenvalue weighted by Gasteiger charge is -2.37. The maximum atomic E-state index is 12.6. The molecular formula is C18H36N2O4. The maximum Gasteiger partial charge on any atom is 0.249 e. The van der Waals surface area contributed by atoms with Gasteiger partial charge in [-0.3, -0.25) is 19.3 Å². The van der Waals surface area contributed by atoms with Crippen LogP contribution in [0.1, 0.15) is 68.2 Å². The molecule has 0 heterocycles. The van der Waals surface area contributed by atoms with Crippen LogP contribution in [0.4, 0.5) is 0 Å². The first-order valence-corrected chi connectivity index (χ1v) is 8.37. The van der Waals surface area contributed by atoms with E-state index in [1.54, 1.807) is 7.05 Å². The largest absolute Gasteiger partial charge is 0.275 e. The van der Waals surface area contributed by atoms with Gasteiger partial charge in [-0.1, -0.05) is 34.6 Å². The highest BCUT2D eigenvalue weighted by molar-refractivity contribution is 5.79. The highest BCUT2D eigenvalue weighted by Gasteiger charge is 2.38. The van der Waals surface area contributed by atoms with Gasteiger partial charge in [0.05, 0.1) is 12.7 Å². The van der Waals surface area contributed by atoms with Crippen LogP contribution in [0.25, 0.3) is 0 Å². The van der Waals surface area contributed by atoms with Crippen molar-refractivity contribution in [1.29, 1.82) is 0 Å². The van der Waals surface area contributed by atoms with Crippen LogP contribution in [0, 0.1) is 16.7 Å². The fourth-order valence-corrected chi connectivity index (χ4v) is 2.38. The van der Waals surface area contributed by atoms with Gasteiger partial charge in [0.15, 0.2) is 0 Å². The third-order valence-corrected chi connectivity index (χ3v) is 3.79. The first kappa shape index (κ1) is 22.9. The van der Waals surface area contributed by atoms with Crippen molar-refractivity contribution in [3.05, 3.63) is 0 Å². The number of rotatable bonds is 7. The van der Waals surface area contributed by atoms with E-state index in [2.05, 4.69) is 5.48 Å². The Morgan fingerprint density at radius 2 is 1.54 bits per heavy atom. The quantitative estimate of drug-likeness (QED) is 0.719. The monoisotopic (exact) mass is 344 g/mol. The van der Waals surface area contributed by atoms with Crippen molar-refractivity contribution in [2.45, 2.75) is 73.8 Å². The Morgan fingerprint density at radius 1 is 1.04 bits per heavy atom. The fraction of sp³-hybridized carbons (Fsp3) is 0.889. The lowest BCUT2D eigenvalue weighted by molar-refractivity contribution is -0.178. The van der Waals surface area contributed by atoms with E-state index in [1.165, 1.54) is 12.2 Å². The molecule has 0 aliphatic rings. The molecule has 1 N–H and O–H groups in total. The Morgan fingerprint density at radius 3 is 1.92 bits per heavy atom. The van der Waals surface area contributed by atoms with Crippen molar-refractivity contribution >= 4 is 11.8 Å². The molecule has 24 heavy (non-hydrogen) atoms. The molecule has 0 spiro atoms. The summed E-state index contributed by atoms with van der Waals surface area (Å²) in [4.78, 5) is 35.1. The molecule has 0 aliphatic heterocycles. The van der Waals surface area contributed by atoms with Crippen molar-refractivity contribution in [2.75, 3.05) is 14.2 Å². The summed E-state index contributed by atoms with van der Waals surface area (Å²) in [6, 6.07) is 0. The van der Waals surface area contributed by atoms with Gasteiger partial charge < -0.3 is 0 Å². The van der Waals surface area contributed by atoms with Crippen LogP contribution in [-0.4, -0.2) is 36.6 Å². The van der Waals surface area contributed by atoms with Gasteiger partial charge in [0.25, 0.3) is 0 Å². The number of amides is 2. The number of carbonyl (C=O) groups excluding carboxylic acids is 2. The fourth-order valence-electron chi connectivity index (χ4n) is 2.38. The van der Waals surface area contributed by atoms with Gasteiger partial charge in [0.2, 0.25) is 11.8 Å². The van der Waals surface area contributed by atoms with Gasteiger partial charge in [-0.2, -0.15) is 0 Å². The van der Waals surface area contributed by atoms with E-state index >= 15 is 0 Å². The average Bonchev–Trinajstić information content (AvgIpc) is 2.38. The standard InChI is InChI=1S/C18H36N2O4/c1-16(2,3)13(15(22)20(9)23-10)11-18(7,8)12-14(21)19-24-17(4,5)6/h13H,11-12H2,1-10H3,(H,19,21). The normalized spacial score (nSPS) is 14.2. The third kappa shape index (κ3) is 8.64. The first-order valence-electron chi connectivity index (χ1n) is 8.37. The smallest absolute Gasteiger partial charge is 0.249 e. The highest BCUT2D eigenvalue weighted by atomic mass is 16.7. The van der Waals surface area contributed by atoms with Crippen molar-refractivity contribution in [1.82, 2.24) is 10.5 Å². The average molecular weight is 344 g/mol. The summed E-state index contributed by atoms with van der Waals surface area (Å²) in [7, 11) is 3.08. The molecule has 0 aromatic carbocycles. The Labute approximate surface area is 147 Å². The Kier molecular flexibility index (Phi) is 7.90. The molecule has 0 aromatic rings. The highest BCUT2D eigenvalue weighted by Crippen LogP contribution is 2.39. The summed E-state index contributed by atoms with van der Waals surface area (Å²) in [5.41, 5.74) is 1.47. The molecule has 2 amide bonds. The molecule has 0 aliphatic carbocycles.